The Bertz CT molecular complexity index is 337. The molecule has 4 nitrogen and oxygen atoms in total. The van der Waals surface area contributed by atoms with E-state index in [0.717, 1.165) is 12.8 Å². The van der Waals surface area contributed by atoms with Gasteiger partial charge in [0.25, 0.3) is 0 Å². The van der Waals surface area contributed by atoms with Gasteiger partial charge in [-0.25, -0.2) is 4.79 Å². The summed E-state index contributed by atoms with van der Waals surface area (Å²) in [5, 5.41) is 18.8. The standard InChI is InChI=1S/C20H38O4/c1-4-5-6-7-8-9-10-11-12-13-14-24-20(23)17(2)15-19(22)16-18(3)21/h15,18-19,21-22H,4-14,16H2,1-3H3. The molecule has 0 aromatic carbocycles. The lowest BCUT2D eigenvalue weighted by Gasteiger charge is -2.10. The molecule has 142 valence electrons. The average molecular weight is 343 g/mol. The van der Waals surface area contributed by atoms with Gasteiger partial charge in [0.15, 0.2) is 0 Å². The molecule has 0 rings (SSSR count). The second kappa shape index (κ2) is 15.6. The summed E-state index contributed by atoms with van der Waals surface area (Å²) in [6.07, 6.45) is 12.8. The number of hydrogen-bond acceptors (Lipinski definition) is 4. The fourth-order valence-electron chi connectivity index (χ4n) is 2.64. The Morgan fingerprint density at radius 3 is 1.96 bits per heavy atom. The second-order valence-corrected chi connectivity index (χ2v) is 6.82. The number of carbonyl (C=O) groups is 1. The van der Waals surface area contributed by atoms with Crippen LogP contribution in [-0.4, -0.2) is 35.0 Å². The summed E-state index contributed by atoms with van der Waals surface area (Å²) >= 11 is 0. The van der Waals surface area contributed by atoms with Crippen LogP contribution in [0.4, 0.5) is 0 Å². The molecule has 2 N–H and O–H groups in total. The van der Waals surface area contributed by atoms with Crippen molar-refractivity contribution in [2.45, 2.75) is 104 Å². The van der Waals surface area contributed by atoms with E-state index in [-0.39, 0.29) is 12.4 Å². The first-order valence-electron chi connectivity index (χ1n) is 9.69. The summed E-state index contributed by atoms with van der Waals surface area (Å²) in [5.74, 6) is -0.379. The van der Waals surface area contributed by atoms with E-state index in [0.29, 0.717) is 12.2 Å². The Kier molecular flexibility index (Phi) is 15.1. The van der Waals surface area contributed by atoms with Crippen LogP contribution in [0.5, 0.6) is 0 Å². The van der Waals surface area contributed by atoms with Gasteiger partial charge in [-0.05, 0) is 26.3 Å². The Morgan fingerprint density at radius 2 is 1.46 bits per heavy atom. The first-order chi connectivity index (χ1) is 11.5. The lowest BCUT2D eigenvalue weighted by molar-refractivity contribution is -0.139. The minimum absolute atomic E-state index is 0.225. The number of carbonyl (C=O) groups excluding carboxylic acids is 1. The fraction of sp³-hybridized carbons (Fsp3) is 0.850. The summed E-state index contributed by atoms with van der Waals surface area (Å²) in [5.41, 5.74) is 0.398. The maximum absolute atomic E-state index is 11.8. The van der Waals surface area contributed by atoms with Gasteiger partial charge in [0.2, 0.25) is 0 Å². The summed E-state index contributed by atoms with van der Waals surface area (Å²) in [7, 11) is 0. The Labute approximate surface area is 148 Å². The predicted molar refractivity (Wildman–Crippen MR) is 98.9 cm³/mol. The van der Waals surface area contributed by atoms with E-state index in [1.54, 1.807) is 13.8 Å². The summed E-state index contributed by atoms with van der Waals surface area (Å²) in [6, 6.07) is 0. The minimum Gasteiger partial charge on any atom is -0.462 e. The molecule has 0 amide bonds. The molecule has 0 saturated carbocycles. The quantitative estimate of drug-likeness (QED) is 0.261. The highest BCUT2D eigenvalue weighted by Crippen LogP contribution is 2.11. The van der Waals surface area contributed by atoms with Crippen LogP contribution in [0.2, 0.25) is 0 Å². The van der Waals surface area contributed by atoms with E-state index in [1.807, 2.05) is 0 Å². The summed E-state index contributed by atoms with van der Waals surface area (Å²) in [4.78, 5) is 11.8. The third kappa shape index (κ3) is 14.7. The van der Waals surface area contributed by atoms with Crippen LogP contribution in [0.15, 0.2) is 11.6 Å². The van der Waals surface area contributed by atoms with Crippen molar-refractivity contribution in [2.75, 3.05) is 6.61 Å². The van der Waals surface area contributed by atoms with Gasteiger partial charge < -0.3 is 14.9 Å². The van der Waals surface area contributed by atoms with Crippen LogP contribution in [0.3, 0.4) is 0 Å². The SMILES string of the molecule is CCCCCCCCCCCCOC(=O)C(C)=CC(O)CC(C)O. The van der Waals surface area contributed by atoms with E-state index in [2.05, 4.69) is 6.92 Å². The maximum Gasteiger partial charge on any atom is 0.333 e. The van der Waals surface area contributed by atoms with Gasteiger partial charge in [-0.2, -0.15) is 0 Å². The molecule has 0 aromatic heterocycles. The van der Waals surface area contributed by atoms with Crippen LogP contribution in [0.1, 0.15) is 91.4 Å². The maximum atomic E-state index is 11.8. The van der Waals surface area contributed by atoms with Gasteiger partial charge in [0.1, 0.15) is 0 Å². The molecule has 0 bridgehead atoms. The molecule has 0 heterocycles. The smallest absolute Gasteiger partial charge is 0.333 e. The Balaban J connectivity index is 3.56. The molecular weight excluding hydrogens is 304 g/mol. The van der Waals surface area contributed by atoms with Crippen molar-refractivity contribution in [3.63, 3.8) is 0 Å². The molecule has 0 aliphatic rings. The molecule has 0 aliphatic heterocycles. The molecule has 4 heteroatoms. The van der Waals surface area contributed by atoms with E-state index >= 15 is 0 Å². The zero-order valence-electron chi connectivity index (χ0n) is 15.9. The third-order valence-electron chi connectivity index (χ3n) is 4.08. The molecule has 0 fully saturated rings. The van der Waals surface area contributed by atoms with Crippen LogP contribution in [0.25, 0.3) is 0 Å². The summed E-state index contributed by atoms with van der Waals surface area (Å²) < 4.78 is 5.20. The Hall–Kier alpha value is -0.870. The topological polar surface area (TPSA) is 66.8 Å². The number of aliphatic hydroxyl groups excluding tert-OH is 2. The first kappa shape index (κ1) is 23.1. The second-order valence-electron chi connectivity index (χ2n) is 6.82. The van der Waals surface area contributed by atoms with Crippen molar-refractivity contribution in [2.24, 2.45) is 0 Å². The molecule has 0 spiro atoms. The van der Waals surface area contributed by atoms with Crippen LogP contribution >= 0.6 is 0 Å². The summed E-state index contributed by atoms with van der Waals surface area (Å²) in [6.45, 7) is 5.91. The third-order valence-corrected chi connectivity index (χ3v) is 4.08. The van der Waals surface area contributed by atoms with Crippen molar-refractivity contribution < 1.29 is 19.7 Å². The molecule has 24 heavy (non-hydrogen) atoms. The number of ether oxygens (including phenoxy) is 1. The van der Waals surface area contributed by atoms with Gasteiger partial charge in [-0.1, -0.05) is 64.7 Å². The van der Waals surface area contributed by atoms with E-state index < -0.39 is 12.2 Å². The fourth-order valence-corrected chi connectivity index (χ4v) is 2.64. The molecular formula is C20H38O4. The van der Waals surface area contributed by atoms with Gasteiger partial charge >= 0.3 is 5.97 Å². The highest BCUT2D eigenvalue weighted by molar-refractivity contribution is 5.87. The molecule has 0 aliphatic carbocycles. The van der Waals surface area contributed by atoms with Crippen molar-refractivity contribution in [1.82, 2.24) is 0 Å². The number of esters is 1. The molecule has 0 saturated heterocycles. The van der Waals surface area contributed by atoms with Gasteiger partial charge in [0.05, 0.1) is 18.8 Å². The lowest BCUT2D eigenvalue weighted by atomic mass is 10.1. The number of hydrogen-bond donors (Lipinski definition) is 2. The molecule has 0 radical (unpaired) electrons. The van der Waals surface area contributed by atoms with Crippen molar-refractivity contribution >= 4 is 5.97 Å². The van der Waals surface area contributed by atoms with Crippen molar-refractivity contribution in [1.29, 1.82) is 0 Å². The Morgan fingerprint density at radius 1 is 0.958 bits per heavy atom. The van der Waals surface area contributed by atoms with E-state index in [1.165, 1.54) is 57.4 Å². The lowest BCUT2D eigenvalue weighted by Crippen LogP contribution is -2.15. The number of unbranched alkanes of at least 4 members (excludes halogenated alkanes) is 9. The van der Waals surface area contributed by atoms with Gasteiger partial charge in [-0.3, -0.25) is 0 Å². The number of rotatable bonds is 15. The average Bonchev–Trinajstić information content (AvgIpc) is 2.51. The first-order valence-corrected chi connectivity index (χ1v) is 9.69. The molecule has 0 aromatic rings. The van der Waals surface area contributed by atoms with Crippen molar-refractivity contribution in [3.05, 3.63) is 11.6 Å². The van der Waals surface area contributed by atoms with E-state index in [9.17, 15) is 15.0 Å². The monoisotopic (exact) mass is 342 g/mol. The largest absolute Gasteiger partial charge is 0.462 e. The normalized spacial score (nSPS) is 14.5. The highest BCUT2D eigenvalue weighted by atomic mass is 16.5. The minimum atomic E-state index is -0.810. The van der Waals surface area contributed by atoms with Gasteiger partial charge in [-0.15, -0.1) is 0 Å². The zero-order chi connectivity index (χ0) is 18.2. The zero-order valence-corrected chi connectivity index (χ0v) is 15.9. The van der Waals surface area contributed by atoms with Crippen LogP contribution in [0, 0.1) is 0 Å². The van der Waals surface area contributed by atoms with Crippen molar-refractivity contribution in [3.8, 4) is 0 Å². The number of aliphatic hydroxyl groups is 2. The van der Waals surface area contributed by atoms with Crippen LogP contribution in [-0.2, 0) is 9.53 Å². The predicted octanol–water partition coefficient (Wildman–Crippen LogP) is 4.53. The molecule has 2 atom stereocenters. The van der Waals surface area contributed by atoms with Gasteiger partial charge in [0, 0.05) is 12.0 Å². The van der Waals surface area contributed by atoms with E-state index in [4.69, 9.17) is 4.74 Å². The highest BCUT2D eigenvalue weighted by Gasteiger charge is 2.10. The van der Waals surface area contributed by atoms with Crippen LogP contribution < -0.4 is 0 Å². The molecule has 2 unspecified atom stereocenters.